The molecule has 2 fully saturated rings. The number of phosphoric ester groups is 1. The van der Waals surface area contributed by atoms with E-state index in [1.54, 1.807) is 7.05 Å². The molecule has 37 heavy (non-hydrogen) atoms. The van der Waals surface area contributed by atoms with E-state index in [-0.39, 0.29) is 23.2 Å². The number of nitrogens with zero attached hydrogens (tertiary/aromatic N) is 5. The van der Waals surface area contributed by atoms with E-state index in [9.17, 15) is 28.6 Å². The largest absolute Gasteiger partial charge is 0.490 e. The second-order valence-electron chi connectivity index (χ2n) is 8.58. The summed E-state index contributed by atoms with van der Waals surface area (Å²) in [4.78, 5) is 50.5. The molecule has 18 nitrogen and oxygen atoms in total. The Morgan fingerprint density at radius 2 is 1.86 bits per heavy atom. The zero-order chi connectivity index (χ0) is 27.6. The number of phosphoric acid groups is 3. The normalized spacial score (nSPS) is 29.8. The van der Waals surface area contributed by atoms with E-state index in [1.165, 1.54) is 6.33 Å². The monoisotopic (exact) mass is 592 g/mol. The molecule has 1 aliphatic heterocycles. The number of hydrogen-bond acceptors (Lipinski definition) is 13. The van der Waals surface area contributed by atoms with Crippen LogP contribution >= 0.6 is 23.5 Å². The average Bonchev–Trinajstić information content (AvgIpc) is 3.45. The summed E-state index contributed by atoms with van der Waals surface area (Å²) in [6, 6.07) is 0.234. The van der Waals surface area contributed by atoms with E-state index in [1.807, 2.05) is 4.90 Å². The maximum atomic E-state index is 15.7. The highest BCUT2D eigenvalue weighted by Crippen LogP contribution is 2.66. The van der Waals surface area contributed by atoms with Gasteiger partial charge >= 0.3 is 23.5 Å². The molecular formula is C15H24FN6O12P3. The average molecular weight is 592 g/mol. The van der Waals surface area contributed by atoms with Gasteiger partial charge in [0.1, 0.15) is 12.2 Å². The Kier molecular flexibility index (Phi) is 7.34. The highest BCUT2D eigenvalue weighted by molar-refractivity contribution is 7.66. The van der Waals surface area contributed by atoms with E-state index < -0.39 is 54.2 Å². The Morgan fingerprint density at radius 1 is 1.22 bits per heavy atom. The number of aliphatic hydroxyl groups excluding tert-OH is 1. The van der Waals surface area contributed by atoms with Crippen LogP contribution < -0.4 is 10.6 Å². The van der Waals surface area contributed by atoms with Crippen LogP contribution in [0.4, 0.5) is 16.2 Å². The Balaban J connectivity index is 1.53. The molecule has 1 saturated carbocycles. The van der Waals surface area contributed by atoms with Gasteiger partial charge in [0.25, 0.3) is 0 Å². The van der Waals surface area contributed by atoms with Gasteiger partial charge in [-0.2, -0.15) is 18.6 Å². The maximum Gasteiger partial charge on any atom is 0.490 e. The molecule has 7 N–H and O–H groups in total. The van der Waals surface area contributed by atoms with Crippen LogP contribution in [0.15, 0.2) is 6.33 Å². The molecule has 208 valence electrons. The predicted octanol–water partition coefficient (Wildman–Crippen LogP) is 0.337. The molecule has 0 aromatic carbocycles. The molecular weight excluding hydrogens is 568 g/mol. The first-order valence-corrected chi connectivity index (χ1v) is 15.0. The summed E-state index contributed by atoms with van der Waals surface area (Å²) in [7, 11) is -15.1. The van der Waals surface area contributed by atoms with Crippen molar-refractivity contribution in [3.05, 3.63) is 6.33 Å². The number of hydrogen-bond donors (Lipinski definition) is 6. The smallest absolute Gasteiger partial charge is 0.387 e. The van der Waals surface area contributed by atoms with Crippen molar-refractivity contribution in [3.8, 4) is 0 Å². The number of rotatable bonds is 10. The van der Waals surface area contributed by atoms with E-state index in [0.717, 1.165) is 24.3 Å². The Bertz CT molecular complexity index is 1330. The van der Waals surface area contributed by atoms with Gasteiger partial charge in [0, 0.05) is 13.1 Å². The van der Waals surface area contributed by atoms with E-state index in [4.69, 9.17) is 20.3 Å². The van der Waals surface area contributed by atoms with Crippen LogP contribution in [0, 0.1) is 0 Å². The first-order chi connectivity index (χ1) is 16.9. The summed E-state index contributed by atoms with van der Waals surface area (Å²) in [5, 5.41) is 10.5. The van der Waals surface area contributed by atoms with Crippen molar-refractivity contribution in [1.82, 2.24) is 19.5 Å². The van der Waals surface area contributed by atoms with Gasteiger partial charge in [-0.3, -0.25) is 9.09 Å². The molecule has 2 aromatic rings. The number of nitrogens with two attached hydrogens (primary N) is 1. The van der Waals surface area contributed by atoms with Gasteiger partial charge in [-0.25, -0.2) is 23.1 Å². The fraction of sp³-hybridized carbons (Fsp3) is 0.667. The van der Waals surface area contributed by atoms with Gasteiger partial charge in [-0.05, 0) is 19.8 Å². The molecule has 0 spiro atoms. The molecule has 2 aromatic heterocycles. The summed E-state index contributed by atoms with van der Waals surface area (Å²) >= 11 is 0. The van der Waals surface area contributed by atoms with Crippen LogP contribution in [0.2, 0.25) is 0 Å². The molecule has 22 heteroatoms. The zero-order valence-electron chi connectivity index (χ0n) is 19.1. The van der Waals surface area contributed by atoms with Gasteiger partial charge in [-0.1, -0.05) is 0 Å². The third kappa shape index (κ3) is 6.19. The number of fused-ring (bicyclic) bond motifs is 1. The van der Waals surface area contributed by atoms with Crippen molar-refractivity contribution in [3.63, 3.8) is 0 Å². The van der Waals surface area contributed by atoms with Crippen molar-refractivity contribution in [2.45, 2.75) is 49.9 Å². The highest BCUT2D eigenvalue weighted by atomic mass is 31.3. The van der Waals surface area contributed by atoms with Gasteiger partial charge in [-0.15, -0.1) is 0 Å². The lowest BCUT2D eigenvalue weighted by atomic mass is 9.98. The molecule has 4 rings (SSSR count). The fourth-order valence-corrected chi connectivity index (χ4v) is 6.82. The number of ether oxygens (including phenoxy) is 1. The lowest BCUT2D eigenvalue weighted by molar-refractivity contribution is -0.0560. The lowest BCUT2D eigenvalue weighted by Gasteiger charge is -2.25. The third-order valence-electron chi connectivity index (χ3n) is 5.64. The van der Waals surface area contributed by atoms with Crippen LogP contribution in [-0.2, 0) is 31.6 Å². The number of alkyl halides is 1. The molecule has 0 amide bonds. The summed E-state index contributed by atoms with van der Waals surface area (Å²) in [6.07, 6.45) is -2.09. The molecule has 3 heterocycles. The number of nitrogen functional groups attached to an aromatic ring is 1. The van der Waals surface area contributed by atoms with Crippen LogP contribution in [0.3, 0.4) is 0 Å². The number of halogens is 1. The maximum absolute atomic E-state index is 15.7. The predicted molar refractivity (Wildman–Crippen MR) is 120 cm³/mol. The molecule has 2 aliphatic rings. The molecule has 2 unspecified atom stereocenters. The second kappa shape index (κ2) is 9.55. The van der Waals surface area contributed by atoms with Gasteiger partial charge in [0.15, 0.2) is 28.9 Å². The van der Waals surface area contributed by atoms with Crippen molar-refractivity contribution < 1.29 is 60.6 Å². The SMILES string of the molecule is CN(c1nc(N)nc2c1ncn2[C@@H]1O[C@H](COP(=O)(O)OP(=O)(O)OP(=O)(O)O)[C@@H](O)[C@@]1(C)F)C1CC1. The molecule has 1 saturated heterocycles. The Hall–Kier alpha value is -1.59. The van der Waals surface area contributed by atoms with Crippen LogP contribution in [-0.4, -0.2) is 81.8 Å². The lowest BCUT2D eigenvalue weighted by Crippen LogP contribution is -2.40. The summed E-state index contributed by atoms with van der Waals surface area (Å²) in [6.45, 7) is -0.0684. The second-order valence-corrected chi connectivity index (χ2v) is 13.0. The number of anilines is 2. The fourth-order valence-electron chi connectivity index (χ4n) is 3.79. The first kappa shape index (κ1) is 28.4. The number of aromatic nitrogens is 4. The summed E-state index contributed by atoms with van der Waals surface area (Å²) in [5.41, 5.74) is 3.68. The topological polar surface area (TPSA) is 262 Å². The zero-order valence-corrected chi connectivity index (χ0v) is 21.8. The quantitative estimate of drug-likeness (QED) is 0.203. The summed E-state index contributed by atoms with van der Waals surface area (Å²) in [5.74, 6) is 0.284. The van der Waals surface area contributed by atoms with Crippen LogP contribution in [0.1, 0.15) is 26.0 Å². The van der Waals surface area contributed by atoms with Gasteiger partial charge in [0.05, 0.1) is 12.9 Å². The van der Waals surface area contributed by atoms with Crippen LogP contribution in [0.25, 0.3) is 11.2 Å². The molecule has 1 aliphatic carbocycles. The first-order valence-electron chi connectivity index (χ1n) is 10.4. The van der Waals surface area contributed by atoms with Gasteiger partial charge < -0.3 is 40.1 Å². The van der Waals surface area contributed by atoms with Crippen LogP contribution in [0.5, 0.6) is 0 Å². The highest BCUT2D eigenvalue weighted by Gasteiger charge is 2.56. The standard InChI is InChI=1S/C15H24FN6O12P3/c1-15(16)10(23)8(5-31-36(27,28)34-37(29,30)33-35(24,25)26)32-13(15)22-6-18-9-11(21(2)7-3-4-7)19-14(17)20-12(9)22/h6-8,10,13,23H,3-5H2,1-2H3,(H,27,28)(H,29,30)(H2,17,19,20)(H2,24,25,26)/t8-,10-,13-,15-/m1/s1. The number of imidazole rings is 1. The van der Waals surface area contributed by atoms with Crippen molar-refractivity contribution >= 4 is 46.4 Å². The minimum Gasteiger partial charge on any atom is -0.387 e. The minimum atomic E-state index is -5.76. The Morgan fingerprint density at radius 3 is 2.46 bits per heavy atom. The minimum absolute atomic E-state index is 0.0876. The summed E-state index contributed by atoms with van der Waals surface area (Å²) < 4.78 is 68.2. The molecule has 6 atom stereocenters. The van der Waals surface area contributed by atoms with Gasteiger partial charge in [0.2, 0.25) is 5.95 Å². The van der Waals surface area contributed by atoms with Crippen molar-refractivity contribution in [2.24, 2.45) is 0 Å². The van der Waals surface area contributed by atoms with E-state index in [2.05, 4.69) is 28.1 Å². The number of aliphatic hydroxyl groups is 1. The molecule has 0 bridgehead atoms. The third-order valence-corrected chi connectivity index (χ3v) is 9.44. The van der Waals surface area contributed by atoms with Crippen molar-refractivity contribution in [1.29, 1.82) is 0 Å². The van der Waals surface area contributed by atoms with Crippen molar-refractivity contribution in [2.75, 3.05) is 24.3 Å². The molecule has 0 radical (unpaired) electrons. The van der Waals surface area contributed by atoms with E-state index in [0.29, 0.717) is 5.82 Å². The van der Waals surface area contributed by atoms with E-state index >= 15 is 4.39 Å². The Labute approximate surface area is 207 Å².